The molecule has 0 saturated carbocycles. The second kappa shape index (κ2) is 6.57. The van der Waals surface area contributed by atoms with Crippen LogP contribution in [0.3, 0.4) is 0 Å². The molecule has 0 radical (unpaired) electrons. The summed E-state index contributed by atoms with van der Waals surface area (Å²) in [4.78, 5) is 4.38. The fourth-order valence-electron chi connectivity index (χ4n) is 2.16. The van der Waals surface area contributed by atoms with Gasteiger partial charge in [-0.2, -0.15) is 0 Å². The summed E-state index contributed by atoms with van der Waals surface area (Å²) in [5.41, 5.74) is 9.29. The number of unbranched alkanes of at least 4 members (excludes halogenated alkanes) is 1. The van der Waals surface area contributed by atoms with Crippen LogP contribution < -0.4 is 5.73 Å². The van der Waals surface area contributed by atoms with E-state index in [1.54, 1.807) is 0 Å². The van der Waals surface area contributed by atoms with E-state index in [9.17, 15) is 0 Å². The molecule has 0 bridgehead atoms. The van der Waals surface area contributed by atoms with Crippen LogP contribution >= 0.6 is 0 Å². The van der Waals surface area contributed by atoms with Gasteiger partial charge < -0.3 is 15.0 Å². The van der Waals surface area contributed by atoms with Gasteiger partial charge in [-0.15, -0.1) is 0 Å². The highest BCUT2D eigenvalue weighted by molar-refractivity contribution is 5.79. The molecule has 4 nitrogen and oxygen atoms in total. The number of nitrogen functional groups attached to an aromatic ring is 1. The third kappa shape index (κ3) is 3.47. The highest BCUT2D eigenvalue weighted by Gasteiger charge is 2.07. The third-order valence-electron chi connectivity index (χ3n) is 3.25. The number of anilines is 1. The van der Waals surface area contributed by atoms with E-state index in [1.807, 2.05) is 6.07 Å². The fourth-order valence-corrected chi connectivity index (χ4v) is 2.16. The molecule has 19 heavy (non-hydrogen) atoms. The monoisotopic (exact) mass is 261 g/mol. The Kier molecular flexibility index (Phi) is 4.80. The maximum atomic E-state index is 5.98. The van der Waals surface area contributed by atoms with Crippen molar-refractivity contribution in [2.75, 3.05) is 18.9 Å². The maximum Gasteiger partial charge on any atom is 0.201 e. The van der Waals surface area contributed by atoms with Gasteiger partial charge in [-0.25, -0.2) is 4.98 Å². The Morgan fingerprint density at radius 3 is 2.84 bits per heavy atom. The standard InChI is InChI=1S/C15H23N3O/c1-3-4-9-19-10-5-8-18-14-11-12(2)6-7-13(14)17-15(18)16/h6-7,11H,3-5,8-10H2,1-2H3,(H2,16,17). The van der Waals surface area contributed by atoms with Crippen LogP contribution in [0.1, 0.15) is 31.7 Å². The number of hydrogen-bond donors (Lipinski definition) is 1. The van der Waals surface area contributed by atoms with Crippen molar-refractivity contribution in [3.05, 3.63) is 23.8 Å². The number of hydrogen-bond acceptors (Lipinski definition) is 3. The highest BCUT2D eigenvalue weighted by atomic mass is 16.5. The van der Waals surface area contributed by atoms with Gasteiger partial charge >= 0.3 is 0 Å². The minimum absolute atomic E-state index is 0.592. The first-order valence-corrected chi connectivity index (χ1v) is 7.02. The number of ether oxygens (including phenoxy) is 1. The van der Waals surface area contributed by atoms with Crippen molar-refractivity contribution in [3.8, 4) is 0 Å². The predicted molar refractivity (Wildman–Crippen MR) is 79.2 cm³/mol. The molecule has 0 aliphatic carbocycles. The van der Waals surface area contributed by atoms with Gasteiger partial charge in [-0.1, -0.05) is 19.4 Å². The van der Waals surface area contributed by atoms with Gasteiger partial charge in [0, 0.05) is 19.8 Å². The summed E-state index contributed by atoms with van der Waals surface area (Å²) in [6.45, 7) is 6.75. The van der Waals surface area contributed by atoms with Crippen LogP contribution in [0.2, 0.25) is 0 Å². The smallest absolute Gasteiger partial charge is 0.201 e. The SMILES string of the molecule is CCCCOCCCn1c(N)nc2ccc(C)cc21. The molecule has 0 atom stereocenters. The minimum atomic E-state index is 0.592. The first kappa shape index (κ1) is 13.9. The lowest BCUT2D eigenvalue weighted by Crippen LogP contribution is -2.06. The summed E-state index contributed by atoms with van der Waals surface area (Å²) in [5.74, 6) is 0.592. The Morgan fingerprint density at radius 1 is 1.26 bits per heavy atom. The molecule has 1 heterocycles. The molecule has 1 aromatic heterocycles. The molecule has 1 aromatic carbocycles. The summed E-state index contributed by atoms with van der Waals surface area (Å²) in [6, 6.07) is 6.22. The van der Waals surface area contributed by atoms with E-state index in [0.29, 0.717) is 5.95 Å². The van der Waals surface area contributed by atoms with E-state index in [4.69, 9.17) is 10.5 Å². The van der Waals surface area contributed by atoms with Crippen LogP contribution in [-0.4, -0.2) is 22.8 Å². The summed E-state index contributed by atoms with van der Waals surface area (Å²) >= 11 is 0. The number of nitrogens with two attached hydrogens (primary N) is 1. The summed E-state index contributed by atoms with van der Waals surface area (Å²) in [7, 11) is 0. The highest BCUT2D eigenvalue weighted by Crippen LogP contribution is 2.19. The van der Waals surface area contributed by atoms with Gasteiger partial charge in [0.25, 0.3) is 0 Å². The first-order chi connectivity index (χ1) is 9.22. The van der Waals surface area contributed by atoms with Crippen molar-refractivity contribution >= 4 is 17.0 Å². The Hall–Kier alpha value is -1.55. The lowest BCUT2D eigenvalue weighted by atomic mass is 10.2. The van der Waals surface area contributed by atoms with Gasteiger partial charge in [-0.05, 0) is 37.5 Å². The second-order valence-electron chi connectivity index (χ2n) is 4.93. The molecule has 0 aliphatic rings. The molecule has 0 amide bonds. The van der Waals surface area contributed by atoms with Crippen LogP contribution in [0.25, 0.3) is 11.0 Å². The van der Waals surface area contributed by atoms with Gasteiger partial charge in [0.15, 0.2) is 0 Å². The van der Waals surface area contributed by atoms with E-state index in [2.05, 4.69) is 35.5 Å². The fraction of sp³-hybridized carbons (Fsp3) is 0.533. The van der Waals surface area contributed by atoms with Crippen molar-refractivity contribution < 1.29 is 4.74 Å². The van der Waals surface area contributed by atoms with E-state index in [1.165, 1.54) is 12.0 Å². The number of aromatic nitrogens is 2. The number of benzene rings is 1. The summed E-state index contributed by atoms with van der Waals surface area (Å²) in [6.07, 6.45) is 3.28. The van der Waals surface area contributed by atoms with E-state index in [0.717, 1.165) is 43.6 Å². The van der Waals surface area contributed by atoms with Crippen molar-refractivity contribution in [2.24, 2.45) is 0 Å². The van der Waals surface area contributed by atoms with Crippen LogP contribution in [0, 0.1) is 6.92 Å². The topological polar surface area (TPSA) is 53.1 Å². The quantitative estimate of drug-likeness (QED) is 0.779. The predicted octanol–water partition coefficient (Wildman–Crippen LogP) is 3.13. The zero-order chi connectivity index (χ0) is 13.7. The Bertz CT molecular complexity index is 533. The molecule has 2 rings (SSSR count). The van der Waals surface area contributed by atoms with Crippen molar-refractivity contribution in [2.45, 2.75) is 39.7 Å². The van der Waals surface area contributed by atoms with Crippen molar-refractivity contribution in [1.29, 1.82) is 0 Å². The van der Waals surface area contributed by atoms with Crippen molar-refractivity contribution in [3.63, 3.8) is 0 Å². The summed E-state index contributed by atoms with van der Waals surface area (Å²) < 4.78 is 7.65. The number of nitrogens with zero attached hydrogens (tertiary/aromatic N) is 2. The normalized spacial score (nSPS) is 11.3. The molecule has 0 saturated heterocycles. The molecule has 0 fully saturated rings. The average molecular weight is 261 g/mol. The lowest BCUT2D eigenvalue weighted by Gasteiger charge is -2.07. The van der Waals surface area contributed by atoms with E-state index in [-0.39, 0.29) is 0 Å². The average Bonchev–Trinajstić information content (AvgIpc) is 2.69. The molecule has 0 spiro atoms. The number of fused-ring (bicyclic) bond motifs is 1. The molecular weight excluding hydrogens is 238 g/mol. The maximum absolute atomic E-state index is 5.98. The molecule has 0 aliphatic heterocycles. The molecular formula is C15H23N3O. The zero-order valence-corrected chi connectivity index (χ0v) is 11.9. The van der Waals surface area contributed by atoms with Gasteiger partial charge in [-0.3, -0.25) is 0 Å². The minimum Gasteiger partial charge on any atom is -0.381 e. The first-order valence-electron chi connectivity index (χ1n) is 7.02. The molecule has 2 aromatic rings. The second-order valence-corrected chi connectivity index (χ2v) is 4.93. The van der Waals surface area contributed by atoms with Crippen molar-refractivity contribution in [1.82, 2.24) is 9.55 Å². The van der Waals surface area contributed by atoms with E-state index < -0.39 is 0 Å². The van der Waals surface area contributed by atoms with Gasteiger partial charge in [0.1, 0.15) is 0 Å². The van der Waals surface area contributed by atoms with Crippen LogP contribution in [-0.2, 0) is 11.3 Å². The summed E-state index contributed by atoms with van der Waals surface area (Å²) in [5, 5.41) is 0. The molecule has 0 unspecified atom stereocenters. The number of imidazole rings is 1. The van der Waals surface area contributed by atoms with Crippen LogP contribution in [0.15, 0.2) is 18.2 Å². The van der Waals surface area contributed by atoms with Crippen LogP contribution in [0.4, 0.5) is 5.95 Å². The molecule has 104 valence electrons. The molecule has 4 heteroatoms. The van der Waals surface area contributed by atoms with Gasteiger partial charge in [0.2, 0.25) is 5.95 Å². The molecule has 2 N–H and O–H groups in total. The zero-order valence-electron chi connectivity index (χ0n) is 11.9. The Morgan fingerprint density at radius 2 is 2.05 bits per heavy atom. The number of aryl methyl sites for hydroxylation is 2. The lowest BCUT2D eigenvalue weighted by molar-refractivity contribution is 0.126. The van der Waals surface area contributed by atoms with Gasteiger partial charge in [0.05, 0.1) is 11.0 Å². The largest absolute Gasteiger partial charge is 0.381 e. The number of rotatable bonds is 7. The van der Waals surface area contributed by atoms with E-state index >= 15 is 0 Å². The van der Waals surface area contributed by atoms with Crippen LogP contribution in [0.5, 0.6) is 0 Å². The Balaban J connectivity index is 1.96. The Labute approximate surface area is 114 Å². The third-order valence-corrected chi connectivity index (χ3v) is 3.25.